The fourth-order valence-electron chi connectivity index (χ4n) is 3.99. The molecule has 2 heterocycles. The van der Waals surface area contributed by atoms with E-state index in [4.69, 9.17) is 9.47 Å². The van der Waals surface area contributed by atoms with Gasteiger partial charge in [-0.3, -0.25) is 10.0 Å². The van der Waals surface area contributed by atoms with Crippen LogP contribution in [0.5, 0.6) is 11.5 Å². The van der Waals surface area contributed by atoms with Crippen molar-refractivity contribution >= 4 is 15.9 Å². The number of hydrogen-bond acceptors (Lipinski definition) is 6. The first-order valence-electron chi connectivity index (χ1n) is 9.37. The number of fused-ring (bicyclic) bond motifs is 2. The number of hydrogen-bond donors (Lipinski definition) is 3. The Labute approximate surface area is 168 Å². The third-order valence-electron chi connectivity index (χ3n) is 5.33. The molecule has 4 rings (SSSR count). The highest BCUT2D eigenvalue weighted by molar-refractivity contribution is 7.89. The minimum Gasteiger partial charge on any atom is -0.457 e. The Morgan fingerprint density at radius 3 is 2.17 bits per heavy atom. The van der Waals surface area contributed by atoms with E-state index in [2.05, 4.69) is 4.72 Å². The van der Waals surface area contributed by atoms with Gasteiger partial charge in [-0.2, -0.15) is 4.72 Å². The van der Waals surface area contributed by atoms with E-state index < -0.39 is 21.5 Å². The predicted octanol–water partition coefficient (Wildman–Crippen LogP) is 2.34. The molecule has 8 nitrogen and oxygen atoms in total. The molecule has 2 fully saturated rings. The molecule has 2 aromatic rings. The van der Waals surface area contributed by atoms with Gasteiger partial charge in [0.1, 0.15) is 17.0 Å². The largest absolute Gasteiger partial charge is 0.457 e. The van der Waals surface area contributed by atoms with Gasteiger partial charge in [-0.15, -0.1) is 0 Å². The first-order valence-corrected chi connectivity index (χ1v) is 10.9. The van der Waals surface area contributed by atoms with Crippen molar-refractivity contribution in [2.45, 2.75) is 48.3 Å². The van der Waals surface area contributed by atoms with Crippen molar-refractivity contribution in [3.8, 4) is 11.5 Å². The molecule has 0 aromatic heterocycles. The molecule has 2 bridgehead atoms. The smallest absolute Gasteiger partial charge is 0.264 e. The number of benzene rings is 2. The molecular weight excluding hydrogens is 396 g/mol. The fourth-order valence-corrected chi connectivity index (χ4v) is 5.38. The number of ether oxygens (including phenoxy) is 2. The molecule has 0 spiro atoms. The summed E-state index contributed by atoms with van der Waals surface area (Å²) in [5.41, 5.74) is 0.166. The molecule has 3 atom stereocenters. The van der Waals surface area contributed by atoms with Crippen LogP contribution in [0.15, 0.2) is 59.5 Å². The van der Waals surface area contributed by atoms with Crippen LogP contribution in [0.3, 0.4) is 0 Å². The maximum absolute atomic E-state index is 13.0. The summed E-state index contributed by atoms with van der Waals surface area (Å²) in [7, 11) is -4.02. The van der Waals surface area contributed by atoms with E-state index >= 15 is 0 Å². The predicted molar refractivity (Wildman–Crippen MR) is 103 cm³/mol. The van der Waals surface area contributed by atoms with E-state index in [-0.39, 0.29) is 29.9 Å². The topological polar surface area (TPSA) is 114 Å². The van der Waals surface area contributed by atoms with E-state index in [0.717, 1.165) is 12.8 Å². The summed E-state index contributed by atoms with van der Waals surface area (Å²) in [6.07, 6.45) is 1.44. The first kappa shape index (κ1) is 19.8. The van der Waals surface area contributed by atoms with Crippen molar-refractivity contribution in [2.75, 3.05) is 0 Å². The number of carbonyl (C=O) groups is 1. The summed E-state index contributed by atoms with van der Waals surface area (Å²) in [6, 6.07) is 15.1. The van der Waals surface area contributed by atoms with Gasteiger partial charge in [-0.25, -0.2) is 13.9 Å². The number of para-hydroxylation sites is 1. The van der Waals surface area contributed by atoms with Crippen LogP contribution in [0.4, 0.5) is 0 Å². The Morgan fingerprint density at radius 2 is 1.59 bits per heavy atom. The molecule has 0 saturated carbocycles. The minimum atomic E-state index is -4.02. The van der Waals surface area contributed by atoms with Gasteiger partial charge >= 0.3 is 0 Å². The van der Waals surface area contributed by atoms with Crippen molar-refractivity contribution < 1.29 is 27.9 Å². The summed E-state index contributed by atoms with van der Waals surface area (Å²) in [6.45, 7) is 0. The summed E-state index contributed by atoms with van der Waals surface area (Å²) in [5, 5.41) is 9.20. The molecule has 0 radical (unpaired) electrons. The average molecular weight is 418 g/mol. The van der Waals surface area contributed by atoms with E-state index in [0.29, 0.717) is 11.5 Å². The molecule has 2 aromatic carbocycles. The molecular formula is C20H22N2O6S. The molecule has 2 aliphatic rings. The summed E-state index contributed by atoms with van der Waals surface area (Å²) in [5.74, 6) is 0.352. The summed E-state index contributed by atoms with van der Waals surface area (Å²) in [4.78, 5) is 12.4. The highest BCUT2D eigenvalue weighted by Gasteiger charge is 2.51. The number of carbonyl (C=O) groups excluding carboxylic acids is 1. The second kappa shape index (κ2) is 7.75. The molecule has 9 heteroatoms. The van der Waals surface area contributed by atoms with Crippen LogP contribution in [-0.4, -0.2) is 37.3 Å². The van der Waals surface area contributed by atoms with Crippen LogP contribution in [-0.2, 0) is 19.6 Å². The average Bonchev–Trinajstić information content (AvgIpc) is 3.07. The first-order chi connectivity index (χ1) is 13.9. The molecule has 0 aliphatic carbocycles. The van der Waals surface area contributed by atoms with Gasteiger partial charge in [0.25, 0.3) is 5.91 Å². The Hall–Kier alpha value is -2.46. The van der Waals surface area contributed by atoms with Gasteiger partial charge < -0.3 is 9.47 Å². The molecule has 1 amide bonds. The van der Waals surface area contributed by atoms with Crippen LogP contribution < -0.4 is 14.9 Å². The molecule has 2 aliphatic heterocycles. The Balaban J connectivity index is 1.55. The van der Waals surface area contributed by atoms with E-state index in [1.165, 1.54) is 12.1 Å². The van der Waals surface area contributed by atoms with Crippen molar-refractivity contribution in [2.24, 2.45) is 0 Å². The number of sulfonamides is 1. The molecule has 1 unspecified atom stereocenters. The van der Waals surface area contributed by atoms with E-state index in [9.17, 15) is 18.4 Å². The van der Waals surface area contributed by atoms with E-state index in [1.54, 1.807) is 29.7 Å². The lowest BCUT2D eigenvalue weighted by Gasteiger charge is -2.38. The highest BCUT2D eigenvalue weighted by Crippen LogP contribution is 2.39. The number of rotatable bonds is 6. The summed E-state index contributed by atoms with van der Waals surface area (Å²) < 4.78 is 39.9. The maximum atomic E-state index is 13.0. The lowest BCUT2D eigenvalue weighted by molar-refractivity contribution is -0.142. The van der Waals surface area contributed by atoms with Crippen LogP contribution >= 0.6 is 0 Å². The number of nitrogens with one attached hydrogen (secondary N) is 2. The maximum Gasteiger partial charge on any atom is 0.264 e. The Kier molecular flexibility index (Phi) is 5.30. The zero-order valence-corrected chi connectivity index (χ0v) is 16.4. The van der Waals surface area contributed by atoms with Gasteiger partial charge in [0.15, 0.2) is 0 Å². The second-order valence-electron chi connectivity index (χ2n) is 7.38. The highest BCUT2D eigenvalue weighted by atomic mass is 32.2. The van der Waals surface area contributed by atoms with Crippen molar-refractivity contribution in [1.82, 2.24) is 10.2 Å². The zero-order chi connectivity index (χ0) is 20.5. The number of amides is 1. The quantitative estimate of drug-likeness (QED) is 0.490. The Bertz CT molecular complexity index is 966. The van der Waals surface area contributed by atoms with Crippen molar-refractivity contribution in [3.05, 3.63) is 54.6 Å². The molecule has 29 heavy (non-hydrogen) atoms. The fraction of sp³-hybridized carbons (Fsp3) is 0.350. The molecule has 2 saturated heterocycles. The third kappa shape index (κ3) is 4.13. The summed E-state index contributed by atoms with van der Waals surface area (Å²) >= 11 is 0. The third-order valence-corrected chi connectivity index (χ3v) is 6.88. The van der Waals surface area contributed by atoms with Crippen LogP contribution in [0.25, 0.3) is 0 Å². The van der Waals surface area contributed by atoms with E-state index in [1.807, 2.05) is 18.2 Å². The van der Waals surface area contributed by atoms with Gasteiger partial charge in [0, 0.05) is 12.8 Å². The van der Waals surface area contributed by atoms with Gasteiger partial charge in [-0.05, 0) is 49.2 Å². The van der Waals surface area contributed by atoms with Crippen molar-refractivity contribution in [3.63, 3.8) is 0 Å². The lowest BCUT2D eigenvalue weighted by atomic mass is 9.87. The normalized spacial score (nSPS) is 26.1. The van der Waals surface area contributed by atoms with Crippen LogP contribution in [0, 0.1) is 0 Å². The minimum absolute atomic E-state index is 0.00173. The monoisotopic (exact) mass is 418 g/mol. The molecule has 3 N–H and O–H groups in total. The second-order valence-corrected chi connectivity index (χ2v) is 9.06. The standard InChI is InChI=1S/C20H22N2O6S/c23-19(21-24)20(12-16-6-7-17(13-20)28-16)22-29(25,26)18-10-8-15(9-11-18)27-14-4-2-1-3-5-14/h1-5,8-11,16-17,22,24H,6-7,12-13H2,(H,21,23)/t16-,17+,20?. The van der Waals surface area contributed by atoms with Gasteiger partial charge in [0.05, 0.1) is 17.1 Å². The SMILES string of the molecule is O=C(NO)C1(NS(=O)(=O)c2ccc(Oc3ccccc3)cc2)C[C@H]2CC[C@@H](C1)O2. The zero-order valence-electron chi connectivity index (χ0n) is 15.6. The van der Waals surface area contributed by atoms with Crippen LogP contribution in [0.2, 0.25) is 0 Å². The Morgan fingerprint density at radius 1 is 1.00 bits per heavy atom. The van der Waals surface area contributed by atoms with Crippen molar-refractivity contribution in [1.29, 1.82) is 0 Å². The molecule has 154 valence electrons. The number of hydroxylamine groups is 1. The van der Waals surface area contributed by atoms with Gasteiger partial charge in [-0.1, -0.05) is 18.2 Å². The lowest BCUT2D eigenvalue weighted by Crippen LogP contribution is -2.62. The van der Waals surface area contributed by atoms with Crippen LogP contribution in [0.1, 0.15) is 25.7 Å². The van der Waals surface area contributed by atoms with Gasteiger partial charge in [0.2, 0.25) is 10.0 Å².